The molecular formula is C9H10BrClN2O. The molecule has 0 aromatic carbocycles. The van der Waals surface area contributed by atoms with E-state index < -0.39 is 5.38 Å². The molecule has 76 valence electrons. The zero-order valence-corrected chi connectivity index (χ0v) is 10.2. The van der Waals surface area contributed by atoms with Crippen molar-refractivity contribution in [2.75, 3.05) is 5.32 Å². The molecule has 1 aromatic rings. The largest absolute Gasteiger partial charge is 0.309 e. The Morgan fingerprint density at radius 1 is 1.71 bits per heavy atom. The molecule has 0 fully saturated rings. The van der Waals surface area contributed by atoms with Gasteiger partial charge in [0.25, 0.3) is 0 Å². The van der Waals surface area contributed by atoms with Crippen LogP contribution in [0.15, 0.2) is 16.7 Å². The van der Waals surface area contributed by atoms with Crippen molar-refractivity contribution in [3.05, 3.63) is 22.3 Å². The van der Waals surface area contributed by atoms with Crippen molar-refractivity contribution in [3.63, 3.8) is 0 Å². The number of nitrogens with one attached hydrogen (secondary N) is 1. The van der Waals surface area contributed by atoms with Gasteiger partial charge in [-0.25, -0.2) is 4.98 Å². The third-order valence-electron chi connectivity index (χ3n) is 1.65. The average Bonchev–Trinajstić information content (AvgIpc) is 2.09. The Labute approximate surface area is 96.0 Å². The molecule has 1 atom stereocenters. The van der Waals surface area contributed by atoms with Crippen molar-refractivity contribution in [2.24, 2.45) is 0 Å². The van der Waals surface area contributed by atoms with Crippen LogP contribution in [-0.4, -0.2) is 16.3 Å². The van der Waals surface area contributed by atoms with Crippen LogP contribution >= 0.6 is 27.5 Å². The molecule has 0 aliphatic heterocycles. The smallest absolute Gasteiger partial charge is 0.243 e. The van der Waals surface area contributed by atoms with Gasteiger partial charge in [0.1, 0.15) is 11.2 Å². The molecule has 0 saturated carbocycles. The van der Waals surface area contributed by atoms with E-state index in [9.17, 15) is 4.79 Å². The molecule has 1 rings (SSSR count). The first-order chi connectivity index (χ1) is 6.50. The van der Waals surface area contributed by atoms with E-state index in [1.807, 2.05) is 13.0 Å². The fourth-order valence-corrected chi connectivity index (χ4v) is 1.39. The molecule has 1 heterocycles. The summed E-state index contributed by atoms with van der Waals surface area (Å²) >= 11 is 8.90. The number of alkyl halides is 1. The number of pyridine rings is 1. The maximum absolute atomic E-state index is 11.3. The molecule has 0 radical (unpaired) electrons. The Bertz CT molecular complexity index is 355. The summed E-state index contributed by atoms with van der Waals surface area (Å²) in [6.07, 6.45) is 1.63. The predicted molar refractivity (Wildman–Crippen MR) is 60.6 cm³/mol. The van der Waals surface area contributed by atoms with Crippen LogP contribution in [0.5, 0.6) is 0 Å². The van der Waals surface area contributed by atoms with Gasteiger partial charge in [-0.2, -0.15) is 0 Å². The first kappa shape index (κ1) is 11.5. The normalized spacial score (nSPS) is 12.3. The molecular weight excluding hydrogens is 267 g/mol. The molecule has 0 aliphatic rings. The summed E-state index contributed by atoms with van der Waals surface area (Å²) in [5, 5.41) is 2.08. The van der Waals surface area contributed by atoms with Crippen LogP contribution < -0.4 is 5.32 Å². The first-order valence-electron chi connectivity index (χ1n) is 4.08. The summed E-state index contributed by atoms with van der Waals surface area (Å²) in [6.45, 7) is 3.48. The van der Waals surface area contributed by atoms with E-state index >= 15 is 0 Å². The summed E-state index contributed by atoms with van der Waals surface area (Å²) in [7, 11) is 0. The number of aromatic nitrogens is 1. The molecule has 0 bridgehead atoms. The molecule has 0 saturated heterocycles. The van der Waals surface area contributed by atoms with Crippen LogP contribution in [0.1, 0.15) is 12.5 Å². The van der Waals surface area contributed by atoms with Crippen LogP contribution in [0.4, 0.5) is 5.82 Å². The van der Waals surface area contributed by atoms with Crippen LogP contribution in [0.2, 0.25) is 0 Å². The Kier molecular flexibility index (Phi) is 3.89. The maximum atomic E-state index is 11.3. The van der Waals surface area contributed by atoms with Crippen molar-refractivity contribution in [1.82, 2.24) is 4.98 Å². The van der Waals surface area contributed by atoms with Crippen molar-refractivity contribution >= 4 is 39.3 Å². The summed E-state index contributed by atoms with van der Waals surface area (Å²) in [5.41, 5.74) is 0.894. The lowest BCUT2D eigenvalue weighted by atomic mass is 10.3. The Morgan fingerprint density at radius 2 is 2.36 bits per heavy atom. The van der Waals surface area contributed by atoms with Gasteiger partial charge in [0.15, 0.2) is 0 Å². The molecule has 3 nitrogen and oxygen atoms in total. The van der Waals surface area contributed by atoms with Crippen molar-refractivity contribution in [2.45, 2.75) is 19.2 Å². The van der Waals surface area contributed by atoms with Crippen LogP contribution in [0.3, 0.4) is 0 Å². The standard InChI is InChI=1S/C9H10BrClN2O/c1-5-3-7(10)4-12-8(5)13-9(14)6(2)11/h3-4,6H,1-2H3,(H,12,13,14). The number of halogens is 2. The van der Waals surface area contributed by atoms with Gasteiger partial charge in [0.2, 0.25) is 5.91 Å². The van der Waals surface area contributed by atoms with Crippen molar-refractivity contribution in [1.29, 1.82) is 0 Å². The van der Waals surface area contributed by atoms with E-state index in [-0.39, 0.29) is 5.91 Å². The lowest BCUT2D eigenvalue weighted by Gasteiger charge is -2.08. The molecule has 1 aromatic heterocycles. The van der Waals surface area contributed by atoms with Gasteiger partial charge in [-0.1, -0.05) is 0 Å². The van der Waals surface area contributed by atoms with Crippen molar-refractivity contribution in [3.8, 4) is 0 Å². The lowest BCUT2D eigenvalue weighted by molar-refractivity contribution is -0.115. The number of hydrogen-bond acceptors (Lipinski definition) is 2. The highest BCUT2D eigenvalue weighted by atomic mass is 79.9. The molecule has 14 heavy (non-hydrogen) atoms. The third kappa shape index (κ3) is 2.96. The Hall–Kier alpha value is -0.610. The molecule has 1 amide bonds. The molecule has 1 N–H and O–H groups in total. The van der Waals surface area contributed by atoms with Gasteiger partial charge in [0, 0.05) is 10.7 Å². The molecule has 5 heteroatoms. The Balaban J connectivity index is 2.82. The number of rotatable bonds is 2. The number of aryl methyl sites for hydroxylation is 1. The van der Waals surface area contributed by atoms with E-state index in [4.69, 9.17) is 11.6 Å². The minimum atomic E-state index is -0.556. The highest BCUT2D eigenvalue weighted by molar-refractivity contribution is 9.10. The second-order valence-corrected chi connectivity index (χ2v) is 4.49. The van der Waals surface area contributed by atoms with Gasteiger partial charge < -0.3 is 5.32 Å². The van der Waals surface area contributed by atoms with Gasteiger partial charge in [-0.05, 0) is 41.4 Å². The van der Waals surface area contributed by atoms with Crippen LogP contribution in [0, 0.1) is 6.92 Å². The van der Waals surface area contributed by atoms with Gasteiger partial charge in [0.05, 0.1) is 0 Å². The minimum Gasteiger partial charge on any atom is -0.309 e. The second-order valence-electron chi connectivity index (χ2n) is 2.92. The topological polar surface area (TPSA) is 42.0 Å². The number of anilines is 1. The number of carbonyl (C=O) groups is 1. The summed E-state index contributed by atoms with van der Waals surface area (Å²) in [6, 6.07) is 1.88. The maximum Gasteiger partial charge on any atom is 0.243 e. The molecule has 0 aliphatic carbocycles. The van der Waals surface area contributed by atoms with E-state index in [0.29, 0.717) is 5.82 Å². The van der Waals surface area contributed by atoms with Gasteiger partial charge in [-0.15, -0.1) is 11.6 Å². The van der Waals surface area contributed by atoms with Gasteiger partial charge in [-0.3, -0.25) is 4.79 Å². The highest BCUT2D eigenvalue weighted by Crippen LogP contribution is 2.17. The lowest BCUT2D eigenvalue weighted by Crippen LogP contribution is -2.21. The fraction of sp³-hybridized carbons (Fsp3) is 0.333. The van der Waals surface area contributed by atoms with Crippen LogP contribution in [0.25, 0.3) is 0 Å². The zero-order valence-electron chi connectivity index (χ0n) is 7.84. The second kappa shape index (κ2) is 4.75. The van der Waals surface area contributed by atoms with E-state index in [1.165, 1.54) is 0 Å². The fourth-order valence-electron chi connectivity index (χ4n) is 0.887. The number of amides is 1. The quantitative estimate of drug-likeness (QED) is 0.845. The molecule has 0 spiro atoms. The number of carbonyl (C=O) groups excluding carboxylic acids is 1. The summed E-state index contributed by atoms with van der Waals surface area (Å²) in [4.78, 5) is 15.3. The number of nitrogens with zero attached hydrogens (tertiary/aromatic N) is 1. The average molecular weight is 278 g/mol. The Morgan fingerprint density at radius 3 is 2.86 bits per heavy atom. The van der Waals surface area contributed by atoms with E-state index in [1.54, 1.807) is 13.1 Å². The van der Waals surface area contributed by atoms with E-state index in [0.717, 1.165) is 10.0 Å². The first-order valence-corrected chi connectivity index (χ1v) is 5.30. The third-order valence-corrected chi connectivity index (χ3v) is 2.28. The zero-order chi connectivity index (χ0) is 10.7. The molecule has 1 unspecified atom stereocenters. The predicted octanol–water partition coefficient (Wildman–Crippen LogP) is 2.72. The SMILES string of the molecule is Cc1cc(Br)cnc1NC(=O)C(C)Cl. The number of hydrogen-bond donors (Lipinski definition) is 1. The van der Waals surface area contributed by atoms with Gasteiger partial charge >= 0.3 is 0 Å². The summed E-state index contributed by atoms with van der Waals surface area (Å²) in [5.74, 6) is 0.301. The minimum absolute atomic E-state index is 0.246. The summed E-state index contributed by atoms with van der Waals surface area (Å²) < 4.78 is 0.881. The monoisotopic (exact) mass is 276 g/mol. The highest BCUT2D eigenvalue weighted by Gasteiger charge is 2.11. The van der Waals surface area contributed by atoms with Crippen LogP contribution in [-0.2, 0) is 4.79 Å². The van der Waals surface area contributed by atoms with E-state index in [2.05, 4.69) is 26.2 Å². The van der Waals surface area contributed by atoms with Crippen molar-refractivity contribution < 1.29 is 4.79 Å².